The van der Waals surface area contributed by atoms with Crippen LogP contribution >= 0.6 is 0 Å². The average molecular weight is 378 g/mol. The summed E-state index contributed by atoms with van der Waals surface area (Å²) < 4.78 is 27.1. The van der Waals surface area contributed by atoms with Gasteiger partial charge in [0.25, 0.3) is 5.56 Å². The molecular formula is C16H22N6O3S. The Morgan fingerprint density at radius 3 is 2.35 bits per heavy atom. The van der Waals surface area contributed by atoms with Crippen molar-refractivity contribution in [1.82, 2.24) is 23.7 Å². The van der Waals surface area contributed by atoms with E-state index in [0.717, 1.165) is 30.5 Å². The molecule has 1 saturated heterocycles. The minimum absolute atomic E-state index is 0.110. The van der Waals surface area contributed by atoms with Crippen LogP contribution in [0.2, 0.25) is 0 Å². The van der Waals surface area contributed by atoms with E-state index in [9.17, 15) is 13.2 Å². The first-order valence-electron chi connectivity index (χ1n) is 8.25. The van der Waals surface area contributed by atoms with Crippen LogP contribution in [0.15, 0.2) is 46.5 Å². The summed E-state index contributed by atoms with van der Waals surface area (Å²) in [5, 5.41) is 0. The number of pyridine rings is 1. The first-order valence-corrected chi connectivity index (χ1v) is 9.69. The zero-order valence-electron chi connectivity index (χ0n) is 14.8. The molecule has 2 aromatic heterocycles. The van der Waals surface area contributed by atoms with Gasteiger partial charge in [0.15, 0.2) is 0 Å². The van der Waals surface area contributed by atoms with Crippen LogP contribution in [0, 0.1) is 0 Å². The lowest BCUT2D eigenvalue weighted by atomic mass is 10.3. The second kappa shape index (κ2) is 7.52. The Kier molecular flexibility index (Phi) is 5.35. The summed E-state index contributed by atoms with van der Waals surface area (Å²) in [5.41, 5.74) is -0.225. The molecule has 0 radical (unpaired) electrons. The van der Waals surface area contributed by atoms with E-state index in [1.165, 1.54) is 37.0 Å². The molecule has 140 valence electrons. The van der Waals surface area contributed by atoms with E-state index in [-0.39, 0.29) is 10.5 Å². The molecule has 0 aromatic carbocycles. The highest BCUT2D eigenvalue weighted by atomic mass is 32.2. The van der Waals surface area contributed by atoms with Gasteiger partial charge in [-0.3, -0.25) is 9.69 Å². The Bertz CT molecular complexity index is 905. The van der Waals surface area contributed by atoms with E-state index >= 15 is 0 Å². The fourth-order valence-corrected chi connectivity index (χ4v) is 3.66. The van der Waals surface area contributed by atoms with E-state index in [1.54, 1.807) is 18.5 Å². The molecule has 0 amide bonds. The van der Waals surface area contributed by atoms with Crippen molar-refractivity contribution in [3.63, 3.8) is 0 Å². The van der Waals surface area contributed by atoms with Crippen LogP contribution in [0.3, 0.4) is 0 Å². The third kappa shape index (κ3) is 3.92. The molecule has 0 atom stereocenters. The van der Waals surface area contributed by atoms with Gasteiger partial charge >= 0.3 is 0 Å². The fourth-order valence-electron chi connectivity index (χ4n) is 2.74. The van der Waals surface area contributed by atoms with Crippen molar-refractivity contribution in [1.29, 1.82) is 0 Å². The molecule has 10 heteroatoms. The zero-order valence-corrected chi connectivity index (χ0v) is 15.6. The van der Waals surface area contributed by atoms with Crippen LogP contribution in [0.1, 0.15) is 0 Å². The molecule has 1 aliphatic rings. The highest BCUT2D eigenvalue weighted by Gasteiger charge is 2.21. The van der Waals surface area contributed by atoms with Crippen LogP contribution in [-0.2, 0) is 16.7 Å². The van der Waals surface area contributed by atoms with E-state index in [1.807, 2.05) is 0 Å². The highest BCUT2D eigenvalue weighted by molar-refractivity contribution is 7.89. The Morgan fingerprint density at radius 1 is 1.08 bits per heavy atom. The molecule has 26 heavy (non-hydrogen) atoms. The molecular weight excluding hydrogens is 356 g/mol. The van der Waals surface area contributed by atoms with E-state index < -0.39 is 10.0 Å². The quantitative estimate of drug-likeness (QED) is 0.703. The van der Waals surface area contributed by atoms with E-state index in [0.29, 0.717) is 12.6 Å². The second-order valence-electron chi connectivity index (χ2n) is 6.26. The molecule has 0 bridgehead atoms. The summed E-state index contributed by atoms with van der Waals surface area (Å²) in [7, 11) is -0.636. The van der Waals surface area contributed by atoms with Gasteiger partial charge in [-0.2, -0.15) is 0 Å². The topological polar surface area (TPSA) is 91.6 Å². The number of anilines is 1. The monoisotopic (exact) mass is 378 g/mol. The van der Waals surface area contributed by atoms with E-state index in [2.05, 4.69) is 19.8 Å². The Hall–Kier alpha value is -2.30. The lowest BCUT2D eigenvalue weighted by molar-refractivity contribution is 0.201. The maximum absolute atomic E-state index is 12.3. The summed E-state index contributed by atoms with van der Waals surface area (Å²) in [4.78, 5) is 24.9. The molecule has 0 unspecified atom stereocenters. The van der Waals surface area contributed by atoms with Crippen molar-refractivity contribution >= 4 is 16.0 Å². The standard InChI is InChI=1S/C16H22N6O3S/c1-19(2)26(24,25)14-4-5-15(23)22(12-14)13-20-8-10-21(11-9-20)16-17-6-3-7-18-16/h3-7,12H,8-11,13H2,1-2H3. The molecule has 0 aliphatic carbocycles. The predicted molar refractivity (Wildman–Crippen MR) is 97.4 cm³/mol. The van der Waals surface area contributed by atoms with Gasteiger partial charge in [0.2, 0.25) is 16.0 Å². The number of rotatable bonds is 5. The lowest BCUT2D eigenvalue weighted by Crippen LogP contribution is -2.48. The molecule has 3 heterocycles. The number of hydrogen-bond donors (Lipinski definition) is 0. The summed E-state index contributed by atoms with van der Waals surface area (Å²) in [6.07, 6.45) is 4.83. The SMILES string of the molecule is CN(C)S(=O)(=O)c1ccc(=O)n(CN2CCN(c3ncccn3)CC2)c1. The normalized spacial score (nSPS) is 16.2. The van der Waals surface area contributed by atoms with Gasteiger partial charge in [-0.25, -0.2) is 22.7 Å². The predicted octanol–water partition coefficient (Wildman–Crippen LogP) is -0.332. The van der Waals surface area contributed by atoms with Crippen LogP contribution in [-0.4, -0.2) is 72.4 Å². The molecule has 1 fully saturated rings. The summed E-state index contributed by atoms with van der Waals surface area (Å²) in [6.45, 7) is 3.30. The largest absolute Gasteiger partial charge is 0.338 e. The minimum atomic E-state index is -3.57. The van der Waals surface area contributed by atoms with Crippen molar-refractivity contribution in [2.45, 2.75) is 11.6 Å². The molecule has 9 nitrogen and oxygen atoms in total. The van der Waals surface area contributed by atoms with E-state index in [4.69, 9.17) is 0 Å². The highest BCUT2D eigenvalue weighted by Crippen LogP contribution is 2.12. The zero-order chi connectivity index (χ0) is 18.7. The van der Waals surface area contributed by atoms with Gasteiger partial charge in [0, 0.05) is 64.9 Å². The van der Waals surface area contributed by atoms with Gasteiger partial charge in [-0.05, 0) is 12.1 Å². The number of aromatic nitrogens is 3. The van der Waals surface area contributed by atoms with Crippen molar-refractivity contribution < 1.29 is 8.42 Å². The van der Waals surface area contributed by atoms with Crippen molar-refractivity contribution in [3.8, 4) is 0 Å². The van der Waals surface area contributed by atoms with Crippen LogP contribution in [0.25, 0.3) is 0 Å². The van der Waals surface area contributed by atoms with Crippen molar-refractivity contribution in [3.05, 3.63) is 47.1 Å². The van der Waals surface area contributed by atoms with Crippen molar-refractivity contribution in [2.24, 2.45) is 0 Å². The first-order chi connectivity index (χ1) is 12.4. The molecule has 1 aliphatic heterocycles. The van der Waals surface area contributed by atoms with Gasteiger partial charge in [0.1, 0.15) is 0 Å². The van der Waals surface area contributed by atoms with Gasteiger partial charge in [0.05, 0.1) is 11.6 Å². The maximum atomic E-state index is 12.3. The molecule has 3 rings (SSSR count). The summed E-state index contributed by atoms with van der Waals surface area (Å²) >= 11 is 0. The molecule has 2 aromatic rings. The Morgan fingerprint density at radius 2 is 1.73 bits per heavy atom. The molecule has 0 N–H and O–H groups in total. The van der Waals surface area contributed by atoms with Gasteiger partial charge in [-0.1, -0.05) is 0 Å². The van der Waals surface area contributed by atoms with Crippen LogP contribution in [0.4, 0.5) is 5.95 Å². The summed E-state index contributed by atoms with van der Waals surface area (Å²) in [6, 6.07) is 4.42. The maximum Gasteiger partial charge on any atom is 0.251 e. The average Bonchev–Trinajstić information content (AvgIpc) is 2.64. The first kappa shape index (κ1) is 18.5. The smallest absolute Gasteiger partial charge is 0.251 e. The third-order valence-corrected chi connectivity index (χ3v) is 6.09. The summed E-state index contributed by atoms with van der Waals surface area (Å²) in [5.74, 6) is 0.698. The minimum Gasteiger partial charge on any atom is -0.338 e. The number of nitrogens with zero attached hydrogens (tertiary/aromatic N) is 6. The fraction of sp³-hybridized carbons (Fsp3) is 0.438. The third-order valence-electron chi connectivity index (χ3n) is 4.29. The molecule has 0 spiro atoms. The van der Waals surface area contributed by atoms with Gasteiger partial charge < -0.3 is 9.47 Å². The Balaban J connectivity index is 1.70. The lowest BCUT2D eigenvalue weighted by Gasteiger charge is -2.34. The van der Waals surface area contributed by atoms with Crippen LogP contribution in [0.5, 0.6) is 0 Å². The van der Waals surface area contributed by atoms with Crippen LogP contribution < -0.4 is 10.5 Å². The number of sulfonamides is 1. The number of hydrogen-bond acceptors (Lipinski definition) is 7. The Labute approximate surface area is 152 Å². The van der Waals surface area contributed by atoms with Crippen molar-refractivity contribution in [2.75, 3.05) is 45.2 Å². The van der Waals surface area contributed by atoms with Gasteiger partial charge in [-0.15, -0.1) is 0 Å². The molecule has 0 saturated carbocycles. The second-order valence-corrected chi connectivity index (χ2v) is 8.41. The number of piperazine rings is 1.